The van der Waals surface area contributed by atoms with Gasteiger partial charge < -0.3 is 20.1 Å². The number of ether oxygens (including phenoxy) is 2. The minimum atomic E-state index is -0.263. The predicted octanol–water partition coefficient (Wildman–Crippen LogP) is 3.72. The highest BCUT2D eigenvalue weighted by Gasteiger charge is 2.21. The number of carbonyl (C=O) groups excluding carboxylic acids is 1. The number of rotatable bonds is 7. The number of benzene rings is 1. The highest BCUT2D eigenvalue weighted by atomic mass is 16.5. The lowest BCUT2D eigenvalue weighted by atomic mass is 10.00. The molecule has 5 nitrogen and oxygen atoms in total. The van der Waals surface area contributed by atoms with Crippen molar-refractivity contribution in [3.63, 3.8) is 0 Å². The van der Waals surface area contributed by atoms with E-state index in [4.69, 9.17) is 9.47 Å². The van der Waals surface area contributed by atoms with Gasteiger partial charge in [-0.1, -0.05) is 12.1 Å². The van der Waals surface area contributed by atoms with Crippen LogP contribution in [0.2, 0.25) is 0 Å². The number of nitrogens with one attached hydrogen (secondary N) is 2. The monoisotopic (exact) mass is 308 g/mol. The summed E-state index contributed by atoms with van der Waals surface area (Å²) in [5.74, 6) is 0. The van der Waals surface area contributed by atoms with Gasteiger partial charge in [-0.15, -0.1) is 0 Å². The van der Waals surface area contributed by atoms with Crippen molar-refractivity contribution in [2.45, 2.75) is 51.9 Å². The molecule has 0 aliphatic rings. The number of urea groups is 1. The summed E-state index contributed by atoms with van der Waals surface area (Å²) in [6.45, 7) is 7.93. The minimum absolute atomic E-state index is 0.00811. The van der Waals surface area contributed by atoms with Crippen LogP contribution in [-0.4, -0.2) is 31.9 Å². The molecule has 0 saturated heterocycles. The second-order valence-corrected chi connectivity index (χ2v) is 6.17. The molecule has 1 aromatic rings. The molecule has 0 saturated carbocycles. The Hall–Kier alpha value is -1.59. The quantitative estimate of drug-likeness (QED) is 0.807. The second-order valence-electron chi connectivity index (χ2n) is 6.17. The van der Waals surface area contributed by atoms with Crippen LogP contribution < -0.4 is 10.6 Å². The Kier molecular flexibility index (Phi) is 6.84. The van der Waals surface area contributed by atoms with Gasteiger partial charge in [0.1, 0.15) is 0 Å². The van der Waals surface area contributed by atoms with Crippen molar-refractivity contribution in [1.82, 2.24) is 5.32 Å². The van der Waals surface area contributed by atoms with Crippen molar-refractivity contribution in [2.24, 2.45) is 0 Å². The van der Waals surface area contributed by atoms with Gasteiger partial charge in [0.05, 0.1) is 11.7 Å². The molecular formula is C17H28N2O3. The maximum Gasteiger partial charge on any atom is 0.319 e. The molecule has 22 heavy (non-hydrogen) atoms. The maximum atomic E-state index is 12.1. The number of anilines is 1. The van der Waals surface area contributed by atoms with Crippen LogP contribution in [0.15, 0.2) is 24.3 Å². The molecule has 0 unspecified atom stereocenters. The molecule has 0 aromatic heterocycles. The van der Waals surface area contributed by atoms with Crippen LogP contribution in [0, 0.1) is 0 Å². The molecule has 2 amide bonds. The van der Waals surface area contributed by atoms with Gasteiger partial charge in [0.2, 0.25) is 0 Å². The summed E-state index contributed by atoms with van der Waals surface area (Å²) < 4.78 is 10.7. The highest BCUT2D eigenvalue weighted by Crippen LogP contribution is 2.20. The molecule has 0 spiro atoms. The zero-order valence-corrected chi connectivity index (χ0v) is 14.4. The van der Waals surface area contributed by atoms with E-state index in [-0.39, 0.29) is 23.8 Å². The van der Waals surface area contributed by atoms with E-state index in [9.17, 15) is 4.79 Å². The fourth-order valence-electron chi connectivity index (χ4n) is 2.27. The van der Waals surface area contributed by atoms with Crippen LogP contribution in [0.4, 0.5) is 10.5 Å². The van der Waals surface area contributed by atoms with Crippen molar-refractivity contribution < 1.29 is 14.3 Å². The summed E-state index contributed by atoms with van der Waals surface area (Å²) in [6.07, 6.45) is 0.726. The van der Waals surface area contributed by atoms with Gasteiger partial charge in [0.15, 0.2) is 0 Å². The van der Waals surface area contributed by atoms with Gasteiger partial charge in [0, 0.05) is 25.9 Å². The largest absolute Gasteiger partial charge is 0.379 e. The molecule has 0 bridgehead atoms. The van der Waals surface area contributed by atoms with Crippen LogP contribution in [0.5, 0.6) is 0 Å². The van der Waals surface area contributed by atoms with Gasteiger partial charge in [-0.25, -0.2) is 4.79 Å². The maximum absolute atomic E-state index is 12.1. The van der Waals surface area contributed by atoms with E-state index < -0.39 is 0 Å². The Morgan fingerprint density at radius 1 is 1.27 bits per heavy atom. The molecule has 5 heteroatoms. The minimum Gasteiger partial charge on any atom is -0.379 e. The molecule has 1 rings (SSSR count). The third-order valence-corrected chi connectivity index (χ3v) is 3.70. The van der Waals surface area contributed by atoms with E-state index in [1.165, 1.54) is 0 Å². The van der Waals surface area contributed by atoms with Gasteiger partial charge in [-0.05, 0) is 51.8 Å². The fourth-order valence-corrected chi connectivity index (χ4v) is 2.27. The summed E-state index contributed by atoms with van der Waals surface area (Å²) in [5.41, 5.74) is 1.51. The third kappa shape index (κ3) is 6.03. The van der Waals surface area contributed by atoms with E-state index in [1.807, 2.05) is 52.0 Å². The Balaban J connectivity index is 2.58. The summed E-state index contributed by atoms with van der Waals surface area (Å²) in [5, 5.41) is 5.77. The van der Waals surface area contributed by atoms with E-state index in [0.29, 0.717) is 0 Å². The van der Waals surface area contributed by atoms with Crippen LogP contribution >= 0.6 is 0 Å². The van der Waals surface area contributed by atoms with Crippen LogP contribution in [-0.2, 0) is 9.47 Å². The number of amides is 2. The molecule has 0 fully saturated rings. The highest BCUT2D eigenvalue weighted by molar-refractivity contribution is 5.89. The molecule has 2 N–H and O–H groups in total. The fraction of sp³-hybridized carbons (Fsp3) is 0.588. The first-order valence-electron chi connectivity index (χ1n) is 7.53. The molecule has 0 heterocycles. The number of carbonyl (C=O) groups is 1. The molecular weight excluding hydrogens is 280 g/mol. The summed E-state index contributed by atoms with van der Waals surface area (Å²) in [7, 11) is 3.34. The topological polar surface area (TPSA) is 59.6 Å². The first kappa shape index (κ1) is 18.5. The molecule has 1 aromatic carbocycles. The molecule has 0 radical (unpaired) electrons. The standard InChI is InChI=1S/C17H28N2O3/c1-12(11-17(3,4)22-6)18-16(20)19-15-9-7-8-14(10-15)13(2)21-5/h7-10,12-13H,11H2,1-6H3,(H2,18,19,20)/t12-,13-/m0/s1. The van der Waals surface area contributed by atoms with Crippen LogP contribution in [0.3, 0.4) is 0 Å². The summed E-state index contributed by atoms with van der Waals surface area (Å²) in [4.78, 5) is 12.1. The number of hydrogen-bond acceptors (Lipinski definition) is 3. The van der Waals surface area contributed by atoms with E-state index in [0.717, 1.165) is 17.7 Å². The molecule has 0 aliphatic heterocycles. The second kappa shape index (κ2) is 8.15. The van der Waals surface area contributed by atoms with Crippen molar-refractivity contribution in [1.29, 1.82) is 0 Å². The zero-order valence-electron chi connectivity index (χ0n) is 14.4. The van der Waals surface area contributed by atoms with Crippen LogP contribution in [0.1, 0.15) is 45.8 Å². The predicted molar refractivity (Wildman–Crippen MR) is 89.2 cm³/mol. The van der Waals surface area contributed by atoms with Gasteiger partial charge in [-0.2, -0.15) is 0 Å². The number of hydrogen-bond donors (Lipinski definition) is 2. The van der Waals surface area contributed by atoms with Crippen molar-refractivity contribution in [3.05, 3.63) is 29.8 Å². The van der Waals surface area contributed by atoms with E-state index in [2.05, 4.69) is 10.6 Å². The average Bonchev–Trinajstić information content (AvgIpc) is 2.45. The molecule has 124 valence electrons. The SMILES string of the molecule is CO[C@@H](C)c1cccc(NC(=O)N[C@@H](C)CC(C)(C)OC)c1. The lowest BCUT2D eigenvalue weighted by molar-refractivity contribution is 0.00963. The first-order valence-corrected chi connectivity index (χ1v) is 7.53. The lowest BCUT2D eigenvalue weighted by Gasteiger charge is -2.27. The molecule has 0 aliphatic carbocycles. The Morgan fingerprint density at radius 2 is 1.95 bits per heavy atom. The first-order chi connectivity index (χ1) is 10.3. The van der Waals surface area contributed by atoms with Gasteiger partial charge >= 0.3 is 6.03 Å². The molecule has 2 atom stereocenters. The van der Waals surface area contributed by atoms with E-state index in [1.54, 1.807) is 14.2 Å². The number of methoxy groups -OCH3 is 2. The van der Waals surface area contributed by atoms with Crippen molar-refractivity contribution in [3.8, 4) is 0 Å². The average molecular weight is 308 g/mol. The summed E-state index contributed by atoms with van der Waals surface area (Å²) >= 11 is 0. The third-order valence-electron chi connectivity index (χ3n) is 3.70. The van der Waals surface area contributed by atoms with E-state index >= 15 is 0 Å². The van der Waals surface area contributed by atoms with Crippen LogP contribution in [0.25, 0.3) is 0 Å². The summed E-state index contributed by atoms with van der Waals surface area (Å²) in [6, 6.07) is 7.43. The zero-order chi connectivity index (χ0) is 16.8. The smallest absolute Gasteiger partial charge is 0.319 e. The van der Waals surface area contributed by atoms with Crippen molar-refractivity contribution in [2.75, 3.05) is 19.5 Å². The normalized spacial score (nSPS) is 14.3. The lowest BCUT2D eigenvalue weighted by Crippen LogP contribution is -2.40. The Labute approximate surface area is 133 Å². The Bertz CT molecular complexity index is 489. The van der Waals surface area contributed by atoms with Crippen molar-refractivity contribution >= 4 is 11.7 Å². The Morgan fingerprint density at radius 3 is 2.55 bits per heavy atom. The van der Waals surface area contributed by atoms with Gasteiger partial charge in [-0.3, -0.25) is 0 Å². The van der Waals surface area contributed by atoms with Gasteiger partial charge in [0.25, 0.3) is 0 Å².